The predicted octanol–water partition coefficient (Wildman–Crippen LogP) is 2.39. The highest BCUT2D eigenvalue weighted by atomic mass is 16.5. The third kappa shape index (κ3) is 5.13. The van der Waals surface area contributed by atoms with Crippen LogP contribution in [-0.4, -0.2) is 49.0 Å². The van der Waals surface area contributed by atoms with Gasteiger partial charge >= 0.3 is 5.97 Å². The van der Waals surface area contributed by atoms with Crippen LogP contribution in [0.3, 0.4) is 0 Å². The van der Waals surface area contributed by atoms with Crippen molar-refractivity contribution >= 4 is 23.5 Å². The molecule has 0 aromatic heterocycles. The smallest absolute Gasteiger partial charge is 0.308 e. The van der Waals surface area contributed by atoms with Crippen molar-refractivity contribution < 1.29 is 23.9 Å². The van der Waals surface area contributed by atoms with E-state index in [2.05, 4.69) is 0 Å². The van der Waals surface area contributed by atoms with E-state index in [4.69, 9.17) is 9.47 Å². The second-order valence-corrected chi connectivity index (χ2v) is 6.86. The molecular formula is C22H24N2O5. The number of anilines is 1. The first-order chi connectivity index (χ1) is 14.0. The van der Waals surface area contributed by atoms with Crippen LogP contribution < -0.4 is 9.64 Å². The lowest BCUT2D eigenvalue weighted by atomic mass is 10.2. The normalized spacial score (nSPS) is 13.9. The minimum absolute atomic E-state index is 0.0138. The highest BCUT2D eigenvalue weighted by Gasteiger charge is 2.27. The average Bonchev–Trinajstić information content (AvgIpc) is 2.73. The van der Waals surface area contributed by atoms with Crippen LogP contribution in [-0.2, 0) is 25.7 Å². The van der Waals surface area contributed by atoms with Gasteiger partial charge in [0.1, 0.15) is 5.75 Å². The van der Waals surface area contributed by atoms with Crippen molar-refractivity contribution in [3.8, 4) is 5.75 Å². The van der Waals surface area contributed by atoms with Gasteiger partial charge in [-0.05, 0) is 24.6 Å². The number of hydrogen-bond acceptors (Lipinski definition) is 5. The Hall–Kier alpha value is -3.35. The van der Waals surface area contributed by atoms with Crippen LogP contribution in [0.2, 0.25) is 0 Å². The number of ether oxygens (including phenoxy) is 2. The zero-order valence-electron chi connectivity index (χ0n) is 16.5. The molecule has 0 N–H and O–H groups in total. The number of nitrogens with zero attached hydrogens (tertiary/aromatic N) is 2. The summed E-state index contributed by atoms with van der Waals surface area (Å²) in [4.78, 5) is 39.9. The lowest BCUT2D eigenvalue weighted by Crippen LogP contribution is -2.41. The summed E-state index contributed by atoms with van der Waals surface area (Å²) in [5.41, 5.74) is 1.62. The van der Waals surface area contributed by atoms with E-state index in [1.54, 1.807) is 32.2 Å². The molecule has 2 aromatic carbocycles. The van der Waals surface area contributed by atoms with E-state index in [0.29, 0.717) is 18.0 Å². The van der Waals surface area contributed by atoms with Gasteiger partial charge < -0.3 is 19.3 Å². The molecule has 152 valence electrons. The molecule has 3 rings (SSSR count). The van der Waals surface area contributed by atoms with Crippen LogP contribution in [0.1, 0.15) is 18.9 Å². The Bertz CT molecular complexity index is 884. The maximum Gasteiger partial charge on any atom is 0.308 e. The Morgan fingerprint density at radius 3 is 2.59 bits per heavy atom. The van der Waals surface area contributed by atoms with Crippen molar-refractivity contribution in [3.05, 3.63) is 60.2 Å². The Kier molecular flexibility index (Phi) is 6.49. The van der Waals surface area contributed by atoms with Gasteiger partial charge in [0.25, 0.3) is 11.8 Å². The number of benzene rings is 2. The Morgan fingerprint density at radius 2 is 1.83 bits per heavy atom. The molecule has 7 heteroatoms. The fourth-order valence-corrected chi connectivity index (χ4v) is 3.15. The average molecular weight is 396 g/mol. The van der Waals surface area contributed by atoms with E-state index in [-0.39, 0.29) is 31.4 Å². The zero-order valence-corrected chi connectivity index (χ0v) is 16.5. The molecule has 1 heterocycles. The number of esters is 1. The van der Waals surface area contributed by atoms with Gasteiger partial charge in [0.05, 0.1) is 12.1 Å². The van der Waals surface area contributed by atoms with Crippen LogP contribution >= 0.6 is 0 Å². The van der Waals surface area contributed by atoms with Crippen molar-refractivity contribution in [1.29, 1.82) is 0 Å². The maximum atomic E-state index is 12.5. The largest absolute Gasteiger partial charge is 0.482 e. The fraction of sp³-hybridized carbons (Fsp3) is 0.318. The monoisotopic (exact) mass is 396 g/mol. The zero-order chi connectivity index (χ0) is 20.8. The van der Waals surface area contributed by atoms with Crippen LogP contribution in [0.15, 0.2) is 54.6 Å². The summed E-state index contributed by atoms with van der Waals surface area (Å²) in [7, 11) is 1.67. The molecule has 1 aliphatic rings. The summed E-state index contributed by atoms with van der Waals surface area (Å²) < 4.78 is 10.7. The third-order valence-electron chi connectivity index (χ3n) is 4.64. The molecule has 0 bridgehead atoms. The van der Waals surface area contributed by atoms with Gasteiger partial charge in [-0.3, -0.25) is 14.4 Å². The maximum absolute atomic E-state index is 12.5. The molecule has 0 spiro atoms. The molecule has 2 aromatic rings. The quantitative estimate of drug-likeness (QED) is 0.672. The third-order valence-corrected chi connectivity index (χ3v) is 4.64. The molecule has 0 aliphatic carbocycles. The summed E-state index contributed by atoms with van der Waals surface area (Å²) >= 11 is 0. The van der Waals surface area contributed by atoms with Gasteiger partial charge in [0.15, 0.2) is 12.7 Å². The first-order valence-corrected chi connectivity index (χ1v) is 9.46. The topological polar surface area (TPSA) is 76.1 Å². The standard InChI is InChI=1S/C22H24N2O5/c1-16(22(27)23(2)14-17-8-4-3-5-9-17)29-21(26)12-13-24-18-10-6-7-11-19(18)28-15-20(24)25/h3-11,16H,12-15H2,1-2H3/t16-/m1/s1. The molecule has 29 heavy (non-hydrogen) atoms. The molecule has 0 saturated heterocycles. The first-order valence-electron chi connectivity index (χ1n) is 9.46. The number of likely N-dealkylation sites (N-methyl/N-ethyl adjacent to an activating group) is 1. The minimum Gasteiger partial charge on any atom is -0.482 e. The summed E-state index contributed by atoms with van der Waals surface area (Å²) in [6.07, 6.45) is -0.913. The number of hydrogen-bond donors (Lipinski definition) is 0. The fourth-order valence-electron chi connectivity index (χ4n) is 3.15. The molecule has 0 saturated carbocycles. The Labute approximate surface area is 169 Å². The van der Waals surface area contributed by atoms with Gasteiger partial charge in [-0.2, -0.15) is 0 Å². The first kappa shape index (κ1) is 20.4. The molecule has 2 amide bonds. The highest BCUT2D eigenvalue weighted by molar-refractivity contribution is 5.98. The lowest BCUT2D eigenvalue weighted by Gasteiger charge is -2.29. The minimum atomic E-state index is -0.899. The second kappa shape index (κ2) is 9.23. The molecular weight excluding hydrogens is 372 g/mol. The summed E-state index contributed by atoms with van der Waals surface area (Å²) in [6, 6.07) is 16.7. The van der Waals surface area contributed by atoms with Gasteiger partial charge in [0, 0.05) is 20.1 Å². The molecule has 0 unspecified atom stereocenters. The summed E-state index contributed by atoms with van der Waals surface area (Å²) in [5, 5.41) is 0. The number of fused-ring (bicyclic) bond motifs is 1. The van der Waals surface area contributed by atoms with Crippen molar-refractivity contribution in [2.24, 2.45) is 0 Å². The van der Waals surface area contributed by atoms with E-state index >= 15 is 0 Å². The van der Waals surface area contributed by atoms with E-state index in [9.17, 15) is 14.4 Å². The number of amides is 2. The van der Waals surface area contributed by atoms with Crippen molar-refractivity contribution in [2.75, 3.05) is 25.1 Å². The number of carbonyl (C=O) groups excluding carboxylic acids is 3. The number of carbonyl (C=O) groups is 3. The van der Waals surface area contributed by atoms with Crippen LogP contribution in [0.25, 0.3) is 0 Å². The predicted molar refractivity (Wildman–Crippen MR) is 107 cm³/mol. The van der Waals surface area contributed by atoms with E-state index in [1.807, 2.05) is 36.4 Å². The highest BCUT2D eigenvalue weighted by Crippen LogP contribution is 2.31. The summed E-state index contributed by atoms with van der Waals surface area (Å²) in [5.74, 6) is -0.430. The summed E-state index contributed by atoms with van der Waals surface area (Å²) in [6.45, 7) is 2.08. The van der Waals surface area contributed by atoms with Crippen molar-refractivity contribution in [1.82, 2.24) is 4.90 Å². The Balaban J connectivity index is 1.51. The van der Waals surface area contributed by atoms with E-state index in [1.165, 1.54) is 9.80 Å². The van der Waals surface area contributed by atoms with Crippen molar-refractivity contribution in [2.45, 2.75) is 26.0 Å². The molecule has 1 atom stereocenters. The number of rotatable bonds is 7. The van der Waals surface area contributed by atoms with Gasteiger partial charge in [-0.25, -0.2) is 0 Å². The van der Waals surface area contributed by atoms with Crippen LogP contribution in [0.4, 0.5) is 5.69 Å². The Morgan fingerprint density at radius 1 is 1.14 bits per heavy atom. The second-order valence-electron chi connectivity index (χ2n) is 6.86. The number of para-hydroxylation sites is 2. The molecule has 1 aliphatic heterocycles. The molecule has 0 fully saturated rings. The van der Waals surface area contributed by atoms with Crippen LogP contribution in [0, 0.1) is 0 Å². The van der Waals surface area contributed by atoms with Crippen molar-refractivity contribution in [3.63, 3.8) is 0 Å². The van der Waals surface area contributed by atoms with Crippen LogP contribution in [0.5, 0.6) is 5.75 Å². The van der Waals surface area contributed by atoms with Gasteiger partial charge in [-0.15, -0.1) is 0 Å². The SMILES string of the molecule is C[C@@H](OC(=O)CCN1C(=O)COc2ccccc21)C(=O)N(C)Cc1ccccc1. The van der Waals surface area contributed by atoms with E-state index in [0.717, 1.165) is 5.56 Å². The van der Waals surface area contributed by atoms with Gasteiger partial charge in [-0.1, -0.05) is 42.5 Å². The molecule has 0 radical (unpaired) electrons. The molecule has 7 nitrogen and oxygen atoms in total. The van der Waals surface area contributed by atoms with E-state index < -0.39 is 12.1 Å². The van der Waals surface area contributed by atoms with Gasteiger partial charge in [0.2, 0.25) is 0 Å². The lowest BCUT2D eigenvalue weighted by molar-refractivity contribution is -0.158.